The summed E-state index contributed by atoms with van der Waals surface area (Å²) in [6, 6.07) is 5.41. The molecule has 306 valence electrons. The van der Waals surface area contributed by atoms with E-state index in [2.05, 4.69) is 10.0 Å². The van der Waals surface area contributed by atoms with Crippen LogP contribution >= 0.6 is 0 Å². The molecule has 8 atom stereocenters. The molecule has 5 amide bonds. The molecule has 0 saturated carbocycles. The summed E-state index contributed by atoms with van der Waals surface area (Å²) in [4.78, 5) is 70.8. The summed E-state index contributed by atoms with van der Waals surface area (Å²) in [5, 5.41) is 12.4. The number of sulfonamides is 1. The van der Waals surface area contributed by atoms with E-state index in [0.717, 1.165) is 4.90 Å². The predicted molar refractivity (Wildman–Crippen MR) is 205 cm³/mol. The largest absolute Gasteiger partial charge is 0.465 e. The van der Waals surface area contributed by atoms with Crippen molar-refractivity contribution in [3.8, 4) is 0 Å². The van der Waals surface area contributed by atoms with Gasteiger partial charge in [-0.25, -0.2) is 13.2 Å². The molecule has 54 heavy (non-hydrogen) atoms. The van der Waals surface area contributed by atoms with Crippen LogP contribution in [0.4, 0.5) is 4.79 Å². The van der Waals surface area contributed by atoms with Crippen molar-refractivity contribution >= 4 is 39.7 Å². The van der Waals surface area contributed by atoms with Crippen LogP contribution in [0.5, 0.6) is 0 Å². The molecule has 1 aromatic carbocycles. The zero-order valence-corrected chi connectivity index (χ0v) is 34.6. The van der Waals surface area contributed by atoms with Gasteiger partial charge in [0.05, 0.1) is 42.4 Å². The lowest BCUT2D eigenvalue weighted by atomic mass is 9.89. The van der Waals surface area contributed by atoms with Gasteiger partial charge >= 0.3 is 6.09 Å². The first kappa shape index (κ1) is 46.4. The second kappa shape index (κ2) is 20.8. The lowest BCUT2D eigenvalue weighted by Crippen LogP contribution is -2.60. The molecular weight excluding hydrogens is 719 g/mol. The molecular formula is C38H63N5O10S. The van der Waals surface area contributed by atoms with Gasteiger partial charge in [-0.1, -0.05) is 85.2 Å². The topological polar surface area (TPSA) is 192 Å². The Bertz CT molecular complexity index is 1530. The average Bonchev–Trinajstić information content (AvgIpc) is 3.59. The van der Waals surface area contributed by atoms with Crippen molar-refractivity contribution in [3.05, 3.63) is 35.9 Å². The number of nitrogens with one attached hydrogen (secondary N) is 2. The summed E-state index contributed by atoms with van der Waals surface area (Å²) < 4.78 is 39.6. The summed E-state index contributed by atoms with van der Waals surface area (Å²) in [6.45, 7) is 12.9. The van der Waals surface area contributed by atoms with Gasteiger partial charge in [0.25, 0.3) is 0 Å². The Morgan fingerprint density at radius 2 is 1.54 bits per heavy atom. The maximum Gasteiger partial charge on any atom is 0.407 e. The number of benzene rings is 1. The molecule has 1 saturated heterocycles. The monoisotopic (exact) mass is 781 g/mol. The fourth-order valence-corrected chi connectivity index (χ4v) is 8.59. The van der Waals surface area contributed by atoms with Crippen LogP contribution in [0.3, 0.4) is 0 Å². The van der Waals surface area contributed by atoms with E-state index in [1.807, 2.05) is 13.8 Å². The molecule has 0 radical (unpaired) electrons. The first-order chi connectivity index (χ1) is 25.2. The van der Waals surface area contributed by atoms with E-state index in [-0.39, 0.29) is 35.8 Å². The first-order valence-electron chi connectivity index (χ1n) is 18.7. The lowest BCUT2D eigenvalue weighted by molar-refractivity contribution is -0.148. The highest BCUT2D eigenvalue weighted by atomic mass is 32.2. The molecule has 1 heterocycles. The molecule has 0 aromatic heterocycles. The Labute approximate surface area is 321 Å². The first-order valence-corrected chi connectivity index (χ1v) is 20.3. The molecule has 1 fully saturated rings. The summed E-state index contributed by atoms with van der Waals surface area (Å²) in [6.07, 6.45) is -1.09. The number of nitrogens with zero attached hydrogens (tertiary/aromatic N) is 3. The highest BCUT2D eigenvalue weighted by Gasteiger charge is 2.43. The third-order valence-corrected chi connectivity index (χ3v) is 11.8. The maximum atomic E-state index is 14.2. The minimum Gasteiger partial charge on any atom is -0.465 e. The van der Waals surface area contributed by atoms with Crippen LogP contribution in [0.25, 0.3) is 0 Å². The van der Waals surface area contributed by atoms with Crippen LogP contribution in [0.15, 0.2) is 30.3 Å². The zero-order chi connectivity index (χ0) is 41.1. The highest BCUT2D eigenvalue weighted by molar-refractivity contribution is 7.89. The highest BCUT2D eigenvalue weighted by Crippen LogP contribution is 2.30. The molecule has 0 unspecified atom stereocenters. The van der Waals surface area contributed by atoms with Crippen molar-refractivity contribution in [1.29, 1.82) is 0 Å². The van der Waals surface area contributed by atoms with Crippen molar-refractivity contribution < 1.29 is 47.0 Å². The van der Waals surface area contributed by atoms with Crippen LogP contribution in [0, 0.1) is 23.7 Å². The zero-order valence-electron chi connectivity index (χ0n) is 33.8. The minimum atomic E-state index is -4.00. The number of amides is 5. The van der Waals surface area contributed by atoms with E-state index in [1.54, 1.807) is 76.9 Å². The summed E-state index contributed by atoms with van der Waals surface area (Å²) in [5.74, 6) is -4.11. The molecule has 15 nitrogen and oxygen atoms in total. The summed E-state index contributed by atoms with van der Waals surface area (Å²) in [5.41, 5.74) is 0.532. The number of hydrogen-bond acceptors (Lipinski definition) is 9. The summed E-state index contributed by atoms with van der Waals surface area (Å²) >= 11 is 0. The van der Waals surface area contributed by atoms with Crippen LogP contribution in [-0.4, -0.2) is 129 Å². The number of carbonyl (C=O) groups excluding carboxylic acids is 4. The van der Waals surface area contributed by atoms with Gasteiger partial charge in [0, 0.05) is 34.9 Å². The normalized spacial score (nSPS) is 18.6. The van der Waals surface area contributed by atoms with E-state index in [9.17, 15) is 37.5 Å². The molecule has 1 aromatic rings. The molecule has 0 aliphatic carbocycles. The molecule has 0 bridgehead atoms. The number of carboxylic acid groups (broad SMARTS) is 1. The van der Waals surface area contributed by atoms with Crippen LogP contribution in [0.1, 0.15) is 79.7 Å². The third kappa shape index (κ3) is 12.1. The van der Waals surface area contributed by atoms with E-state index in [0.29, 0.717) is 31.4 Å². The molecule has 2 rings (SSSR count). The molecule has 0 spiro atoms. The van der Waals surface area contributed by atoms with Crippen molar-refractivity contribution in [2.75, 3.05) is 34.9 Å². The van der Waals surface area contributed by atoms with Crippen molar-refractivity contribution in [1.82, 2.24) is 24.7 Å². The Balaban J connectivity index is 2.29. The minimum absolute atomic E-state index is 0.0976. The van der Waals surface area contributed by atoms with E-state index >= 15 is 0 Å². The smallest absolute Gasteiger partial charge is 0.407 e. The Kier molecular flexibility index (Phi) is 17.9. The third-order valence-electron chi connectivity index (χ3n) is 10.6. The Morgan fingerprint density at radius 3 is 2.04 bits per heavy atom. The maximum absolute atomic E-state index is 14.2. The van der Waals surface area contributed by atoms with Gasteiger partial charge in [0.1, 0.15) is 12.1 Å². The van der Waals surface area contributed by atoms with Gasteiger partial charge in [-0.3, -0.25) is 28.8 Å². The number of ether oxygens (including phenoxy) is 2. The van der Waals surface area contributed by atoms with Crippen molar-refractivity contribution in [2.24, 2.45) is 23.7 Å². The molecule has 16 heteroatoms. The lowest BCUT2D eigenvalue weighted by Gasteiger charge is -2.41. The number of methoxy groups -OCH3 is 2. The fourth-order valence-electron chi connectivity index (χ4n) is 7.40. The van der Waals surface area contributed by atoms with Gasteiger partial charge in [-0.15, -0.1) is 0 Å². The summed E-state index contributed by atoms with van der Waals surface area (Å²) in [7, 11) is 1.84. The van der Waals surface area contributed by atoms with Gasteiger partial charge in [0.15, 0.2) is 0 Å². The number of rotatable bonds is 20. The molecule has 1 aliphatic rings. The van der Waals surface area contributed by atoms with Crippen LogP contribution < -0.4 is 10.0 Å². The van der Waals surface area contributed by atoms with Crippen molar-refractivity contribution in [2.45, 2.75) is 116 Å². The second-order valence-corrected chi connectivity index (χ2v) is 16.8. The van der Waals surface area contributed by atoms with Crippen LogP contribution in [-0.2, 0) is 44.4 Å². The SMILES string of the molecule is CC[C@@H](C)[C@@H]([C@@H](CC(=O)N1CCC[C@H]1[C@H](OC)[C@@H](C)C(=O)NS(=O)(=O)Cc1ccccc1)OC)N(C)C(=O)[C@@H](NC(=O)[C@H](C(C)C)N(C)C(=O)O)C(C)C. The Hall–Kier alpha value is -3.76. The second-order valence-electron chi connectivity index (χ2n) is 15.1. The van der Waals surface area contributed by atoms with Gasteiger partial charge < -0.3 is 29.7 Å². The van der Waals surface area contributed by atoms with Crippen LogP contribution in [0.2, 0.25) is 0 Å². The van der Waals surface area contributed by atoms with Crippen molar-refractivity contribution in [3.63, 3.8) is 0 Å². The number of likely N-dealkylation sites (N-methyl/N-ethyl adjacent to an activating group) is 2. The number of hydrogen-bond donors (Lipinski definition) is 3. The van der Waals surface area contributed by atoms with E-state index in [1.165, 1.54) is 26.2 Å². The van der Waals surface area contributed by atoms with E-state index in [4.69, 9.17) is 9.47 Å². The quantitative estimate of drug-likeness (QED) is 0.177. The predicted octanol–water partition coefficient (Wildman–Crippen LogP) is 3.33. The van der Waals surface area contributed by atoms with Gasteiger partial charge in [-0.2, -0.15) is 0 Å². The Morgan fingerprint density at radius 1 is 0.926 bits per heavy atom. The molecule has 3 N–H and O–H groups in total. The number of likely N-dealkylation sites (tertiary alicyclic amines) is 1. The van der Waals surface area contributed by atoms with Gasteiger partial charge in [-0.05, 0) is 36.2 Å². The average molecular weight is 782 g/mol. The molecule has 1 aliphatic heterocycles. The van der Waals surface area contributed by atoms with Gasteiger partial charge in [0.2, 0.25) is 33.7 Å². The number of carbonyl (C=O) groups is 5. The van der Waals surface area contributed by atoms with E-state index < -0.39 is 76.1 Å². The standard InChI is InChI=1S/C38H63N5O10S/c1-12-25(6)33(41(8)37(47)31(23(2)3)39-36(46)32(24(4)5)42(9)38(48)49)29(52-10)21-30(44)43-20-16-19-28(43)34(53-11)26(7)35(45)40-54(50,51)22-27-17-14-13-15-18-27/h13-15,17-18,23-26,28-29,31-34H,12,16,19-22H2,1-11H3,(H,39,46)(H,40,45)(H,48,49)/t25-,26-,28+,29-,31+,32+,33+,34-/m1/s1. The fraction of sp³-hybridized carbons (Fsp3) is 0.711.